The highest BCUT2D eigenvalue weighted by atomic mass is 16.5. The molecule has 1 spiro atoms. The fourth-order valence-electron chi connectivity index (χ4n) is 2.78. The molecule has 1 N–H and O–H groups in total. The second-order valence-corrected chi connectivity index (χ2v) is 5.12. The Morgan fingerprint density at radius 3 is 2.81 bits per heavy atom. The number of carbonyl (C=O) groups excluding carboxylic acids is 1. The van der Waals surface area contributed by atoms with Crippen molar-refractivity contribution in [2.75, 3.05) is 40.4 Å². The summed E-state index contributed by atoms with van der Waals surface area (Å²) >= 11 is 0. The van der Waals surface area contributed by atoms with Crippen molar-refractivity contribution in [3.8, 4) is 0 Å². The second-order valence-electron chi connectivity index (χ2n) is 5.12. The lowest BCUT2D eigenvalue weighted by Gasteiger charge is -2.25. The summed E-state index contributed by atoms with van der Waals surface area (Å²) in [5.41, 5.74) is 0.351. The van der Waals surface area contributed by atoms with E-state index in [0.717, 1.165) is 19.5 Å². The first-order valence-electron chi connectivity index (χ1n) is 6.14. The number of ether oxygens (including phenoxy) is 1. The van der Waals surface area contributed by atoms with Gasteiger partial charge in [-0.3, -0.25) is 4.79 Å². The Balaban J connectivity index is 1.83. The molecular formula is C12H22N2O2. The van der Waals surface area contributed by atoms with Crippen LogP contribution in [0.4, 0.5) is 0 Å². The number of nitrogens with zero attached hydrogens (tertiary/aromatic N) is 1. The summed E-state index contributed by atoms with van der Waals surface area (Å²) in [6.45, 7) is 3.49. The van der Waals surface area contributed by atoms with E-state index < -0.39 is 0 Å². The van der Waals surface area contributed by atoms with E-state index in [-0.39, 0.29) is 5.92 Å². The van der Waals surface area contributed by atoms with Crippen molar-refractivity contribution in [3.05, 3.63) is 0 Å². The lowest BCUT2D eigenvalue weighted by molar-refractivity contribution is -0.132. The minimum atomic E-state index is 0.288. The van der Waals surface area contributed by atoms with Crippen molar-refractivity contribution >= 4 is 5.91 Å². The van der Waals surface area contributed by atoms with Crippen LogP contribution in [0.25, 0.3) is 0 Å². The number of rotatable bonds is 4. The molecule has 0 aromatic heterocycles. The van der Waals surface area contributed by atoms with Crippen LogP contribution in [-0.2, 0) is 9.53 Å². The summed E-state index contributed by atoms with van der Waals surface area (Å²) in [6.07, 6.45) is 3.44. The molecule has 1 saturated carbocycles. The maximum absolute atomic E-state index is 12.1. The van der Waals surface area contributed by atoms with Crippen molar-refractivity contribution in [3.63, 3.8) is 0 Å². The summed E-state index contributed by atoms with van der Waals surface area (Å²) in [6, 6.07) is 0. The van der Waals surface area contributed by atoms with Gasteiger partial charge in [0.1, 0.15) is 0 Å². The van der Waals surface area contributed by atoms with Crippen LogP contribution in [-0.4, -0.2) is 51.2 Å². The molecule has 1 heterocycles. The number of nitrogens with one attached hydrogen (secondary N) is 1. The molecule has 1 amide bonds. The molecule has 0 radical (unpaired) electrons. The quantitative estimate of drug-likeness (QED) is 0.758. The lowest BCUT2D eigenvalue weighted by Crippen LogP contribution is -2.35. The molecule has 0 bridgehead atoms. The Hall–Kier alpha value is -0.610. The van der Waals surface area contributed by atoms with Gasteiger partial charge in [0.05, 0.1) is 6.61 Å². The van der Waals surface area contributed by atoms with E-state index in [1.807, 2.05) is 11.9 Å². The second kappa shape index (κ2) is 4.72. The van der Waals surface area contributed by atoms with Gasteiger partial charge in [0, 0.05) is 26.6 Å². The van der Waals surface area contributed by atoms with Crippen molar-refractivity contribution in [2.24, 2.45) is 11.3 Å². The van der Waals surface area contributed by atoms with E-state index in [9.17, 15) is 4.79 Å². The highest BCUT2D eigenvalue weighted by Gasteiger charge is 2.58. The minimum Gasteiger partial charge on any atom is -0.383 e. The summed E-state index contributed by atoms with van der Waals surface area (Å²) in [4.78, 5) is 14.0. The highest BCUT2D eigenvalue weighted by molar-refractivity contribution is 5.82. The van der Waals surface area contributed by atoms with Crippen LogP contribution in [0.2, 0.25) is 0 Å². The van der Waals surface area contributed by atoms with E-state index in [2.05, 4.69) is 5.32 Å². The number of likely N-dealkylation sites (N-methyl/N-ethyl adjacent to an activating group) is 1. The van der Waals surface area contributed by atoms with Gasteiger partial charge in [-0.2, -0.15) is 0 Å². The molecule has 0 aromatic carbocycles. The van der Waals surface area contributed by atoms with Crippen LogP contribution in [0.3, 0.4) is 0 Å². The largest absolute Gasteiger partial charge is 0.383 e. The highest BCUT2D eigenvalue weighted by Crippen LogP contribution is 2.59. The Morgan fingerprint density at radius 2 is 2.19 bits per heavy atom. The van der Waals surface area contributed by atoms with Crippen LogP contribution < -0.4 is 5.32 Å². The van der Waals surface area contributed by atoms with Crippen molar-refractivity contribution in [2.45, 2.75) is 19.3 Å². The van der Waals surface area contributed by atoms with Gasteiger partial charge < -0.3 is 15.0 Å². The zero-order valence-corrected chi connectivity index (χ0v) is 10.3. The van der Waals surface area contributed by atoms with Gasteiger partial charge in [0.2, 0.25) is 5.91 Å². The number of amides is 1. The topological polar surface area (TPSA) is 41.6 Å². The monoisotopic (exact) mass is 226 g/mol. The number of carbonyl (C=O) groups is 1. The summed E-state index contributed by atoms with van der Waals surface area (Å²) < 4.78 is 5.00. The summed E-state index contributed by atoms with van der Waals surface area (Å²) in [7, 11) is 3.55. The number of methoxy groups -OCH3 is 1. The van der Waals surface area contributed by atoms with Crippen LogP contribution >= 0.6 is 0 Å². The molecule has 0 aromatic rings. The van der Waals surface area contributed by atoms with Crippen LogP contribution in [0.15, 0.2) is 0 Å². The Bertz CT molecular complexity index is 262. The molecule has 92 valence electrons. The molecular weight excluding hydrogens is 204 g/mol. The van der Waals surface area contributed by atoms with Gasteiger partial charge in [-0.15, -0.1) is 0 Å². The fourth-order valence-corrected chi connectivity index (χ4v) is 2.78. The smallest absolute Gasteiger partial charge is 0.226 e. The van der Waals surface area contributed by atoms with Crippen LogP contribution in [0.5, 0.6) is 0 Å². The zero-order chi connectivity index (χ0) is 11.6. The first-order chi connectivity index (χ1) is 7.69. The van der Waals surface area contributed by atoms with E-state index in [1.165, 1.54) is 12.8 Å². The number of hydrogen-bond acceptors (Lipinski definition) is 3. The SMILES string of the molecule is COCCN(C)C(=O)C1CC12CCNCC2. The number of hydrogen-bond donors (Lipinski definition) is 1. The third kappa shape index (κ3) is 2.23. The predicted molar refractivity (Wildman–Crippen MR) is 62.2 cm³/mol. The molecule has 4 heteroatoms. The standard InChI is InChI=1S/C12H22N2O2/c1-14(7-8-16-2)11(15)10-9-12(10)3-5-13-6-4-12/h10,13H,3-9H2,1-2H3. The maximum atomic E-state index is 12.1. The average molecular weight is 226 g/mol. The van der Waals surface area contributed by atoms with E-state index in [4.69, 9.17) is 4.74 Å². The van der Waals surface area contributed by atoms with Gasteiger partial charge in [0.25, 0.3) is 0 Å². The fraction of sp³-hybridized carbons (Fsp3) is 0.917. The van der Waals surface area contributed by atoms with E-state index >= 15 is 0 Å². The van der Waals surface area contributed by atoms with Crippen molar-refractivity contribution < 1.29 is 9.53 Å². The first-order valence-corrected chi connectivity index (χ1v) is 6.14. The normalized spacial score (nSPS) is 26.8. The van der Waals surface area contributed by atoms with Gasteiger partial charge in [0.15, 0.2) is 0 Å². The molecule has 1 saturated heterocycles. The molecule has 4 nitrogen and oxygen atoms in total. The summed E-state index contributed by atoms with van der Waals surface area (Å²) in [5.74, 6) is 0.607. The van der Waals surface area contributed by atoms with Gasteiger partial charge >= 0.3 is 0 Å². The molecule has 1 atom stereocenters. The van der Waals surface area contributed by atoms with E-state index in [0.29, 0.717) is 24.5 Å². The zero-order valence-electron chi connectivity index (χ0n) is 10.3. The van der Waals surface area contributed by atoms with Crippen molar-refractivity contribution in [1.82, 2.24) is 10.2 Å². The van der Waals surface area contributed by atoms with Crippen LogP contribution in [0.1, 0.15) is 19.3 Å². The van der Waals surface area contributed by atoms with E-state index in [1.54, 1.807) is 7.11 Å². The Morgan fingerprint density at radius 1 is 1.50 bits per heavy atom. The average Bonchev–Trinajstić information content (AvgIpc) is 2.99. The molecule has 2 fully saturated rings. The Labute approximate surface area is 97.3 Å². The predicted octanol–water partition coefficient (Wildman–Crippen LogP) is 0.481. The molecule has 16 heavy (non-hydrogen) atoms. The Kier molecular flexibility index (Phi) is 3.50. The van der Waals surface area contributed by atoms with Crippen molar-refractivity contribution in [1.29, 1.82) is 0 Å². The summed E-state index contributed by atoms with van der Waals surface area (Å²) in [5, 5.41) is 3.36. The third-order valence-corrected chi connectivity index (χ3v) is 4.09. The molecule has 1 aliphatic heterocycles. The van der Waals surface area contributed by atoms with Gasteiger partial charge in [-0.1, -0.05) is 0 Å². The molecule has 1 aliphatic carbocycles. The molecule has 1 unspecified atom stereocenters. The van der Waals surface area contributed by atoms with Crippen LogP contribution in [0, 0.1) is 11.3 Å². The molecule has 2 rings (SSSR count). The lowest BCUT2D eigenvalue weighted by atomic mass is 9.91. The first kappa shape index (κ1) is 11.9. The maximum Gasteiger partial charge on any atom is 0.226 e. The van der Waals surface area contributed by atoms with Gasteiger partial charge in [-0.05, 0) is 37.8 Å². The minimum absolute atomic E-state index is 0.288. The number of piperidine rings is 1. The molecule has 2 aliphatic rings. The third-order valence-electron chi connectivity index (χ3n) is 4.09. The van der Waals surface area contributed by atoms with Gasteiger partial charge in [-0.25, -0.2) is 0 Å².